The van der Waals surface area contributed by atoms with Crippen molar-refractivity contribution in [3.05, 3.63) is 60.2 Å². The number of aliphatic hydroxyl groups is 1. The van der Waals surface area contributed by atoms with E-state index in [1.807, 2.05) is 30.3 Å². The monoisotopic (exact) mass is 561 g/mol. The average molecular weight is 562 g/mol. The van der Waals surface area contributed by atoms with Crippen molar-refractivity contribution in [1.82, 2.24) is 14.1 Å². The quantitative estimate of drug-likeness (QED) is 0.369. The fraction of sp³-hybridized carbons (Fsp3) is 0.500. The van der Waals surface area contributed by atoms with Gasteiger partial charge in [-0.1, -0.05) is 44.2 Å². The van der Waals surface area contributed by atoms with Gasteiger partial charge >= 0.3 is 5.97 Å². The van der Waals surface area contributed by atoms with Crippen LogP contribution in [-0.2, 0) is 31.0 Å². The largest absolute Gasteiger partial charge is 0.497 e. The van der Waals surface area contributed by atoms with Gasteiger partial charge in [0.25, 0.3) is 0 Å². The Morgan fingerprint density at radius 2 is 1.64 bits per heavy atom. The highest BCUT2D eigenvalue weighted by Crippen LogP contribution is 2.26. The molecule has 2 aromatic carbocycles. The second kappa shape index (κ2) is 14.4. The second-order valence-corrected chi connectivity index (χ2v) is 11.7. The Balaban J connectivity index is 1.82. The molecule has 11 heteroatoms. The standard InChI is InChI=1S/C28H39N3O7S/c1-22(2)27(28(34)38-21-23-7-5-4-6-8-23)31(39(35,36)25-11-9-24(37-3)10-12-25)14-13-26(33)30-17-15-29(16-18-30)19-20-32/h4-12,22,27,32H,13-21H2,1-3H3. The van der Waals surface area contributed by atoms with E-state index in [1.165, 1.54) is 19.2 Å². The van der Waals surface area contributed by atoms with Crippen LogP contribution in [0.15, 0.2) is 59.5 Å². The number of amides is 1. The number of piperazine rings is 1. The summed E-state index contributed by atoms with van der Waals surface area (Å²) in [7, 11) is -2.68. The number of ether oxygens (including phenoxy) is 2. The molecule has 0 aromatic heterocycles. The van der Waals surface area contributed by atoms with E-state index in [1.54, 1.807) is 30.9 Å². The number of carbonyl (C=O) groups is 2. The highest BCUT2D eigenvalue weighted by molar-refractivity contribution is 7.89. The number of nitrogens with zero attached hydrogens (tertiary/aromatic N) is 3. The van der Waals surface area contributed by atoms with Crippen molar-refractivity contribution in [3.8, 4) is 5.75 Å². The van der Waals surface area contributed by atoms with Gasteiger partial charge in [0, 0.05) is 45.7 Å². The molecule has 10 nitrogen and oxygen atoms in total. The van der Waals surface area contributed by atoms with Crippen LogP contribution in [-0.4, -0.2) is 98.5 Å². The molecule has 1 N–H and O–H groups in total. The van der Waals surface area contributed by atoms with Crippen molar-refractivity contribution in [2.45, 2.75) is 37.8 Å². The molecule has 0 saturated carbocycles. The van der Waals surface area contributed by atoms with E-state index in [-0.39, 0.29) is 37.0 Å². The molecule has 0 radical (unpaired) electrons. The van der Waals surface area contributed by atoms with E-state index in [4.69, 9.17) is 14.6 Å². The molecule has 0 aliphatic carbocycles. The zero-order valence-corrected chi connectivity index (χ0v) is 23.7. The summed E-state index contributed by atoms with van der Waals surface area (Å²) in [5.74, 6) is -0.776. The van der Waals surface area contributed by atoms with Crippen LogP contribution in [0.25, 0.3) is 0 Å². The predicted octanol–water partition coefficient (Wildman–Crippen LogP) is 1.98. The third-order valence-electron chi connectivity index (χ3n) is 6.76. The Morgan fingerprint density at radius 3 is 2.21 bits per heavy atom. The van der Waals surface area contributed by atoms with Crippen LogP contribution in [0.3, 0.4) is 0 Å². The predicted molar refractivity (Wildman–Crippen MR) is 146 cm³/mol. The van der Waals surface area contributed by atoms with E-state index in [9.17, 15) is 18.0 Å². The molecule has 1 heterocycles. The number of carbonyl (C=O) groups excluding carboxylic acids is 2. The van der Waals surface area contributed by atoms with Crippen LogP contribution < -0.4 is 4.74 Å². The minimum absolute atomic E-state index is 0.00474. The summed E-state index contributed by atoms with van der Waals surface area (Å²) in [6.07, 6.45) is -0.0788. The van der Waals surface area contributed by atoms with E-state index >= 15 is 0 Å². The molecule has 0 bridgehead atoms. The molecule has 1 atom stereocenters. The summed E-state index contributed by atoms with van der Waals surface area (Å²) in [5.41, 5.74) is 0.786. The highest BCUT2D eigenvalue weighted by atomic mass is 32.2. The average Bonchev–Trinajstić information content (AvgIpc) is 2.94. The number of rotatable bonds is 13. The number of sulfonamides is 1. The lowest BCUT2D eigenvalue weighted by Crippen LogP contribution is -2.52. The third-order valence-corrected chi connectivity index (χ3v) is 8.66. The van der Waals surface area contributed by atoms with Gasteiger partial charge in [0.1, 0.15) is 18.4 Å². The molecule has 39 heavy (non-hydrogen) atoms. The van der Waals surface area contributed by atoms with Crippen molar-refractivity contribution in [1.29, 1.82) is 0 Å². The van der Waals surface area contributed by atoms with Gasteiger partial charge in [-0.15, -0.1) is 0 Å². The first-order chi connectivity index (χ1) is 18.7. The van der Waals surface area contributed by atoms with Gasteiger partial charge in [-0.3, -0.25) is 14.5 Å². The summed E-state index contributed by atoms with van der Waals surface area (Å²) in [6, 6.07) is 14.0. The Morgan fingerprint density at radius 1 is 1.00 bits per heavy atom. The lowest BCUT2D eigenvalue weighted by Gasteiger charge is -2.35. The van der Waals surface area contributed by atoms with Crippen molar-refractivity contribution < 1.29 is 32.6 Å². The molecule has 1 aliphatic heterocycles. The topological polar surface area (TPSA) is 117 Å². The van der Waals surface area contributed by atoms with Crippen LogP contribution >= 0.6 is 0 Å². The molecular weight excluding hydrogens is 522 g/mol. The zero-order chi connectivity index (χ0) is 28.4. The fourth-order valence-corrected chi connectivity index (χ4v) is 6.27. The lowest BCUT2D eigenvalue weighted by molar-refractivity contribution is -0.151. The molecule has 1 aliphatic rings. The number of methoxy groups -OCH3 is 1. The summed E-state index contributed by atoms with van der Waals surface area (Å²) < 4.78 is 39.6. The van der Waals surface area contributed by atoms with Crippen LogP contribution in [0.1, 0.15) is 25.8 Å². The zero-order valence-electron chi connectivity index (χ0n) is 22.9. The summed E-state index contributed by atoms with van der Waals surface area (Å²) in [5, 5.41) is 9.15. The molecule has 1 unspecified atom stereocenters. The van der Waals surface area contributed by atoms with Gasteiger partial charge in [-0.05, 0) is 35.7 Å². The van der Waals surface area contributed by atoms with E-state index in [0.717, 1.165) is 9.87 Å². The lowest BCUT2D eigenvalue weighted by atomic mass is 10.0. The number of hydrogen-bond acceptors (Lipinski definition) is 8. The molecule has 214 valence electrons. The summed E-state index contributed by atoms with van der Waals surface area (Å²) in [4.78, 5) is 30.2. The van der Waals surface area contributed by atoms with Gasteiger partial charge in [-0.2, -0.15) is 4.31 Å². The molecule has 2 aromatic rings. The number of benzene rings is 2. The first-order valence-electron chi connectivity index (χ1n) is 13.1. The Labute approximate surface area is 231 Å². The number of β-amino-alcohol motifs (C(OH)–C–C–N with tert-alkyl or cyclic N) is 1. The molecule has 3 rings (SSSR count). The maximum Gasteiger partial charge on any atom is 0.325 e. The van der Waals surface area contributed by atoms with E-state index in [2.05, 4.69) is 4.90 Å². The molecule has 0 spiro atoms. The second-order valence-electron chi connectivity index (χ2n) is 9.77. The number of hydrogen-bond donors (Lipinski definition) is 1. The normalized spacial score (nSPS) is 15.4. The van der Waals surface area contributed by atoms with Crippen LogP contribution in [0.4, 0.5) is 0 Å². The van der Waals surface area contributed by atoms with Crippen molar-refractivity contribution in [3.63, 3.8) is 0 Å². The molecule has 1 amide bonds. The first-order valence-corrected chi connectivity index (χ1v) is 14.6. The molecular formula is C28H39N3O7S. The number of esters is 1. The van der Waals surface area contributed by atoms with Crippen LogP contribution in [0.5, 0.6) is 5.75 Å². The van der Waals surface area contributed by atoms with Gasteiger partial charge < -0.3 is 19.5 Å². The van der Waals surface area contributed by atoms with Gasteiger partial charge in [0.2, 0.25) is 15.9 Å². The minimum Gasteiger partial charge on any atom is -0.497 e. The van der Waals surface area contributed by atoms with Crippen molar-refractivity contribution in [2.24, 2.45) is 5.92 Å². The fourth-order valence-electron chi connectivity index (χ4n) is 4.55. The summed E-state index contributed by atoms with van der Waals surface area (Å²) >= 11 is 0. The first kappa shape index (κ1) is 30.6. The maximum atomic E-state index is 13.9. The van der Waals surface area contributed by atoms with Crippen LogP contribution in [0, 0.1) is 5.92 Å². The SMILES string of the molecule is COc1ccc(S(=O)(=O)N(CCC(=O)N2CCN(CCO)CC2)C(C(=O)OCc2ccccc2)C(C)C)cc1. The molecule has 1 fully saturated rings. The van der Waals surface area contributed by atoms with Crippen molar-refractivity contribution in [2.75, 3.05) is 53.0 Å². The maximum absolute atomic E-state index is 13.9. The smallest absolute Gasteiger partial charge is 0.325 e. The Bertz CT molecular complexity index is 1170. The number of aliphatic hydroxyl groups excluding tert-OH is 1. The van der Waals surface area contributed by atoms with Crippen molar-refractivity contribution >= 4 is 21.9 Å². The Hall–Kier alpha value is -2.99. The van der Waals surface area contributed by atoms with Gasteiger partial charge in [0.15, 0.2) is 0 Å². The van der Waals surface area contributed by atoms with Gasteiger partial charge in [0.05, 0.1) is 18.6 Å². The minimum atomic E-state index is -4.17. The van der Waals surface area contributed by atoms with Gasteiger partial charge in [-0.25, -0.2) is 8.42 Å². The Kier molecular flexibility index (Phi) is 11.3. The van der Waals surface area contributed by atoms with E-state index in [0.29, 0.717) is 38.5 Å². The highest BCUT2D eigenvalue weighted by Gasteiger charge is 2.39. The third kappa shape index (κ3) is 8.25. The summed E-state index contributed by atoms with van der Waals surface area (Å²) in [6.45, 7) is 6.24. The molecule has 1 saturated heterocycles. The van der Waals surface area contributed by atoms with Crippen LogP contribution in [0.2, 0.25) is 0 Å². The van der Waals surface area contributed by atoms with E-state index < -0.39 is 28.0 Å².